The highest BCUT2D eigenvalue weighted by Gasteiger charge is 2.26. The van der Waals surface area contributed by atoms with Gasteiger partial charge in [-0.2, -0.15) is 0 Å². The van der Waals surface area contributed by atoms with Gasteiger partial charge in [0.1, 0.15) is 10.6 Å². The Morgan fingerprint density at radius 2 is 1.95 bits per heavy atom. The van der Waals surface area contributed by atoms with Crippen LogP contribution in [0.15, 0.2) is 27.6 Å². The van der Waals surface area contributed by atoms with Crippen LogP contribution in [0, 0.1) is 5.41 Å². The molecule has 0 spiro atoms. The van der Waals surface area contributed by atoms with E-state index in [4.69, 9.17) is 4.74 Å². The van der Waals surface area contributed by atoms with Crippen LogP contribution < -0.4 is 14.4 Å². The number of halogens is 1. The van der Waals surface area contributed by atoms with Gasteiger partial charge in [-0.1, -0.05) is 29.8 Å². The summed E-state index contributed by atoms with van der Waals surface area (Å²) in [4.78, 5) is 1.42. The summed E-state index contributed by atoms with van der Waals surface area (Å²) in [5.41, 5.74) is -0.134. The lowest BCUT2D eigenvalue weighted by Crippen LogP contribution is -3.07. The fourth-order valence-corrected chi connectivity index (χ4v) is 4.20. The molecule has 0 radical (unpaired) electrons. The minimum atomic E-state index is -3.61. The smallest absolute Gasteiger partial charge is 0.244 e. The Morgan fingerprint density at radius 3 is 2.48 bits per heavy atom. The number of hydrogen-bond donors (Lipinski definition) is 2. The molecular formula is C14H24BrN2O3S+. The van der Waals surface area contributed by atoms with Crippen molar-refractivity contribution in [2.45, 2.75) is 18.7 Å². The third-order valence-corrected chi connectivity index (χ3v) is 4.90. The van der Waals surface area contributed by atoms with Crippen LogP contribution in [-0.2, 0) is 10.0 Å². The summed E-state index contributed by atoms with van der Waals surface area (Å²) in [5, 5.41) is 0. The first-order valence-electron chi connectivity index (χ1n) is 6.70. The van der Waals surface area contributed by atoms with Crippen molar-refractivity contribution < 1.29 is 18.1 Å². The maximum atomic E-state index is 12.5. The number of sulfonamides is 1. The monoisotopic (exact) mass is 379 g/mol. The van der Waals surface area contributed by atoms with Crippen molar-refractivity contribution >= 4 is 26.0 Å². The Labute approximate surface area is 135 Å². The van der Waals surface area contributed by atoms with Crippen molar-refractivity contribution in [3.63, 3.8) is 0 Å². The summed E-state index contributed by atoms with van der Waals surface area (Å²) >= 11 is 3.29. The molecular weight excluding hydrogens is 356 g/mol. The van der Waals surface area contributed by atoms with E-state index in [0.717, 1.165) is 6.54 Å². The summed E-state index contributed by atoms with van der Waals surface area (Å²) in [6.45, 7) is 5.32. The van der Waals surface area contributed by atoms with Crippen molar-refractivity contribution in [2.24, 2.45) is 5.41 Å². The van der Waals surface area contributed by atoms with Gasteiger partial charge in [-0.25, -0.2) is 13.1 Å². The minimum absolute atomic E-state index is 0.134. The van der Waals surface area contributed by atoms with Gasteiger partial charge in [0, 0.05) is 16.4 Å². The standard InChI is InChI=1S/C14H23BrN2O3S/c1-14(2,10-17(3)4)9-16-21(18,19)13-8-11(15)6-7-12(13)20-5/h6-8,16H,9-10H2,1-5H3/p+1. The van der Waals surface area contributed by atoms with Crippen molar-refractivity contribution in [1.82, 2.24) is 4.72 Å². The normalized spacial score (nSPS) is 12.7. The molecule has 0 atom stereocenters. The van der Waals surface area contributed by atoms with Crippen molar-refractivity contribution in [2.75, 3.05) is 34.3 Å². The fourth-order valence-electron chi connectivity index (χ4n) is 2.25. The van der Waals surface area contributed by atoms with Gasteiger partial charge in [-0.05, 0) is 18.2 Å². The molecule has 0 aromatic heterocycles. The average Bonchev–Trinajstić information content (AvgIpc) is 2.35. The second kappa shape index (κ2) is 7.09. The molecule has 5 nitrogen and oxygen atoms in total. The van der Waals surface area contributed by atoms with E-state index in [0.29, 0.717) is 16.8 Å². The van der Waals surface area contributed by atoms with E-state index in [1.807, 2.05) is 27.9 Å². The molecule has 1 aromatic carbocycles. The van der Waals surface area contributed by atoms with Crippen molar-refractivity contribution in [3.05, 3.63) is 22.7 Å². The molecule has 0 saturated carbocycles. The van der Waals surface area contributed by atoms with Crippen molar-refractivity contribution in [3.8, 4) is 5.75 Å². The molecule has 0 heterocycles. The van der Waals surface area contributed by atoms with Crippen LogP contribution in [-0.4, -0.2) is 42.7 Å². The van der Waals surface area contributed by atoms with Gasteiger partial charge in [0.05, 0.1) is 27.7 Å². The molecule has 7 heteroatoms. The zero-order valence-electron chi connectivity index (χ0n) is 13.2. The average molecular weight is 380 g/mol. The number of benzene rings is 1. The van der Waals surface area contributed by atoms with Crippen LogP contribution in [0.5, 0.6) is 5.75 Å². The maximum absolute atomic E-state index is 12.5. The summed E-state index contributed by atoms with van der Waals surface area (Å²) in [7, 11) is 1.95. The largest absolute Gasteiger partial charge is 0.495 e. The molecule has 0 aliphatic heterocycles. The predicted octanol–water partition coefficient (Wildman–Crippen LogP) is 0.907. The summed E-state index contributed by atoms with van der Waals surface area (Å²) < 4.78 is 33.5. The molecule has 0 amide bonds. The van der Waals surface area contributed by atoms with E-state index < -0.39 is 10.0 Å². The summed E-state index contributed by atoms with van der Waals surface area (Å²) in [6, 6.07) is 4.93. The first kappa shape index (κ1) is 18.4. The van der Waals surface area contributed by atoms with E-state index in [9.17, 15) is 8.42 Å². The second-order valence-electron chi connectivity index (χ2n) is 6.17. The molecule has 0 unspecified atom stereocenters. The Morgan fingerprint density at radius 1 is 1.33 bits per heavy atom. The van der Waals surface area contributed by atoms with Crippen LogP contribution in [0.2, 0.25) is 0 Å². The molecule has 0 aliphatic carbocycles. The van der Waals surface area contributed by atoms with Crippen molar-refractivity contribution in [1.29, 1.82) is 0 Å². The van der Waals surface area contributed by atoms with Crippen LogP contribution >= 0.6 is 15.9 Å². The lowest BCUT2D eigenvalue weighted by molar-refractivity contribution is -0.865. The fraction of sp³-hybridized carbons (Fsp3) is 0.571. The second-order valence-corrected chi connectivity index (χ2v) is 8.82. The molecule has 1 rings (SSSR count). The highest BCUT2D eigenvalue weighted by Crippen LogP contribution is 2.27. The number of ether oxygens (including phenoxy) is 1. The molecule has 1 aromatic rings. The number of hydrogen-bond acceptors (Lipinski definition) is 3. The highest BCUT2D eigenvalue weighted by atomic mass is 79.9. The van der Waals surface area contributed by atoms with Crippen LogP contribution in [0.3, 0.4) is 0 Å². The van der Waals surface area contributed by atoms with Gasteiger partial charge >= 0.3 is 0 Å². The first-order valence-corrected chi connectivity index (χ1v) is 8.97. The van der Waals surface area contributed by atoms with E-state index in [1.54, 1.807) is 18.2 Å². The van der Waals surface area contributed by atoms with Crippen LogP contribution in [0.4, 0.5) is 0 Å². The van der Waals surface area contributed by atoms with Gasteiger partial charge < -0.3 is 9.64 Å². The molecule has 0 saturated heterocycles. The molecule has 21 heavy (non-hydrogen) atoms. The number of quaternary nitrogens is 1. The SMILES string of the molecule is COc1ccc(Br)cc1S(=O)(=O)NCC(C)(C)C[NH+](C)C. The van der Waals surface area contributed by atoms with Crippen LogP contribution in [0.25, 0.3) is 0 Å². The lowest BCUT2D eigenvalue weighted by Gasteiger charge is -2.26. The topological polar surface area (TPSA) is 59.8 Å². The van der Waals surface area contributed by atoms with Gasteiger partial charge in [0.2, 0.25) is 10.0 Å². The summed E-state index contributed by atoms with van der Waals surface area (Å²) in [5.74, 6) is 0.335. The Bertz CT molecular complexity index is 586. The zero-order valence-corrected chi connectivity index (χ0v) is 15.6. The van der Waals surface area contributed by atoms with Gasteiger partial charge in [-0.3, -0.25) is 0 Å². The minimum Gasteiger partial charge on any atom is -0.495 e. The molecule has 0 fully saturated rings. The molecule has 2 N–H and O–H groups in total. The highest BCUT2D eigenvalue weighted by molar-refractivity contribution is 9.10. The Kier molecular flexibility index (Phi) is 6.22. The van der Waals surface area contributed by atoms with Gasteiger partial charge in [0.25, 0.3) is 0 Å². The van der Waals surface area contributed by atoms with E-state index in [1.165, 1.54) is 12.0 Å². The van der Waals surface area contributed by atoms with Gasteiger partial charge in [0.15, 0.2) is 0 Å². The van der Waals surface area contributed by atoms with E-state index in [-0.39, 0.29) is 10.3 Å². The maximum Gasteiger partial charge on any atom is 0.244 e. The Hall–Kier alpha value is -0.630. The van der Waals surface area contributed by atoms with E-state index >= 15 is 0 Å². The lowest BCUT2D eigenvalue weighted by atomic mass is 9.93. The Balaban J connectivity index is 2.95. The number of methoxy groups -OCH3 is 1. The predicted molar refractivity (Wildman–Crippen MR) is 87.3 cm³/mol. The molecule has 0 bridgehead atoms. The zero-order chi connectivity index (χ0) is 16.3. The van der Waals surface area contributed by atoms with Crippen LogP contribution in [0.1, 0.15) is 13.8 Å². The first-order chi connectivity index (χ1) is 9.57. The van der Waals surface area contributed by atoms with E-state index in [2.05, 4.69) is 20.7 Å². The molecule has 120 valence electrons. The number of rotatable bonds is 7. The number of nitrogens with one attached hydrogen (secondary N) is 2. The quantitative estimate of drug-likeness (QED) is 0.739. The van der Waals surface area contributed by atoms with Gasteiger partial charge in [-0.15, -0.1) is 0 Å². The third kappa shape index (κ3) is 5.58. The third-order valence-electron chi connectivity index (χ3n) is 2.99. The molecule has 0 aliphatic rings. The summed E-state index contributed by atoms with van der Waals surface area (Å²) in [6.07, 6.45) is 0.